The lowest BCUT2D eigenvalue weighted by molar-refractivity contribution is 0.591. The summed E-state index contributed by atoms with van der Waals surface area (Å²) in [6.07, 6.45) is 8.85. The van der Waals surface area contributed by atoms with Crippen LogP contribution in [0.2, 0.25) is 0 Å². The summed E-state index contributed by atoms with van der Waals surface area (Å²) < 4.78 is 1.85. The number of hydrogen-bond donors (Lipinski definition) is 2. The number of rotatable bonds is 7. The van der Waals surface area contributed by atoms with Gasteiger partial charge in [0, 0.05) is 36.1 Å². The van der Waals surface area contributed by atoms with Crippen molar-refractivity contribution >= 4 is 5.65 Å². The van der Waals surface area contributed by atoms with Gasteiger partial charge >= 0.3 is 0 Å². The third kappa shape index (κ3) is 3.96. The Labute approximate surface area is 165 Å². The lowest BCUT2D eigenvalue weighted by atomic mass is 10.0. The lowest BCUT2D eigenvalue weighted by Crippen LogP contribution is -2.29. The molecule has 1 unspecified atom stereocenters. The second-order valence-electron chi connectivity index (χ2n) is 7.12. The van der Waals surface area contributed by atoms with E-state index in [1.165, 1.54) is 5.56 Å². The van der Waals surface area contributed by atoms with Crippen molar-refractivity contribution in [2.75, 3.05) is 6.54 Å². The molecule has 0 aliphatic rings. The van der Waals surface area contributed by atoms with Gasteiger partial charge in [0.05, 0.1) is 6.20 Å². The highest BCUT2D eigenvalue weighted by Crippen LogP contribution is 2.25. The predicted octanol–water partition coefficient (Wildman–Crippen LogP) is 3.67. The average molecular weight is 371 g/mol. The van der Waals surface area contributed by atoms with Crippen molar-refractivity contribution in [1.29, 1.82) is 0 Å². The SMILES string of the molecule is NCC(N)CCCc1ccc(-c2cnc3c(-c4ccccc4)cnn3c2)cc1. The van der Waals surface area contributed by atoms with Crippen LogP contribution in [0.15, 0.2) is 73.2 Å². The van der Waals surface area contributed by atoms with E-state index in [1.807, 2.05) is 41.3 Å². The molecule has 5 heteroatoms. The number of fused-ring (bicyclic) bond motifs is 1. The van der Waals surface area contributed by atoms with Crippen LogP contribution >= 0.6 is 0 Å². The molecule has 0 bridgehead atoms. The van der Waals surface area contributed by atoms with Gasteiger partial charge in [-0.15, -0.1) is 0 Å². The molecule has 5 nitrogen and oxygen atoms in total. The molecule has 4 rings (SSSR count). The zero-order valence-corrected chi connectivity index (χ0v) is 15.8. The third-order valence-electron chi connectivity index (χ3n) is 5.07. The van der Waals surface area contributed by atoms with E-state index in [1.54, 1.807) is 0 Å². The largest absolute Gasteiger partial charge is 0.329 e. The van der Waals surface area contributed by atoms with Crippen molar-refractivity contribution in [1.82, 2.24) is 14.6 Å². The molecule has 0 aliphatic carbocycles. The fourth-order valence-corrected chi connectivity index (χ4v) is 3.40. The van der Waals surface area contributed by atoms with Crippen molar-refractivity contribution in [3.05, 3.63) is 78.8 Å². The van der Waals surface area contributed by atoms with Crippen molar-refractivity contribution < 1.29 is 0 Å². The van der Waals surface area contributed by atoms with Gasteiger partial charge < -0.3 is 11.5 Å². The molecule has 2 heterocycles. The zero-order valence-electron chi connectivity index (χ0n) is 15.8. The standard InChI is InChI=1S/C23H25N5/c24-13-21(25)8-4-5-17-9-11-18(12-10-17)20-14-26-23-22(15-27-28(23)16-20)19-6-2-1-3-7-19/h1-3,6-7,9-12,14-16,21H,4-5,8,13,24-25H2. The summed E-state index contributed by atoms with van der Waals surface area (Å²) in [4.78, 5) is 4.67. The first-order valence-corrected chi connectivity index (χ1v) is 9.68. The van der Waals surface area contributed by atoms with Gasteiger partial charge in [0.1, 0.15) is 0 Å². The quantitative estimate of drug-likeness (QED) is 0.519. The Bertz CT molecular complexity index is 1040. The Morgan fingerprint density at radius 1 is 0.893 bits per heavy atom. The maximum Gasteiger partial charge on any atom is 0.162 e. The smallest absolute Gasteiger partial charge is 0.162 e. The van der Waals surface area contributed by atoms with Crippen LogP contribution < -0.4 is 11.5 Å². The summed E-state index contributed by atoms with van der Waals surface area (Å²) in [6, 6.07) is 18.9. The molecule has 4 N–H and O–H groups in total. The van der Waals surface area contributed by atoms with Crippen LogP contribution in [0.25, 0.3) is 27.9 Å². The molecule has 0 saturated heterocycles. The number of aryl methyl sites for hydroxylation is 1. The molecule has 0 fully saturated rings. The fourth-order valence-electron chi connectivity index (χ4n) is 3.40. The van der Waals surface area contributed by atoms with Gasteiger partial charge in [0.25, 0.3) is 0 Å². The molecule has 142 valence electrons. The van der Waals surface area contributed by atoms with E-state index in [2.05, 4.69) is 46.5 Å². The zero-order chi connectivity index (χ0) is 19.3. The van der Waals surface area contributed by atoms with Crippen molar-refractivity contribution in [2.45, 2.75) is 25.3 Å². The number of nitrogens with two attached hydrogens (primary N) is 2. The van der Waals surface area contributed by atoms with E-state index in [-0.39, 0.29) is 6.04 Å². The third-order valence-corrected chi connectivity index (χ3v) is 5.07. The van der Waals surface area contributed by atoms with Crippen LogP contribution in [0.4, 0.5) is 0 Å². The van der Waals surface area contributed by atoms with Gasteiger partial charge in [-0.05, 0) is 36.0 Å². The first-order chi connectivity index (χ1) is 13.7. The van der Waals surface area contributed by atoms with E-state index in [0.29, 0.717) is 6.54 Å². The minimum Gasteiger partial charge on any atom is -0.329 e. The first kappa shape index (κ1) is 18.3. The normalized spacial score (nSPS) is 12.4. The molecule has 28 heavy (non-hydrogen) atoms. The monoisotopic (exact) mass is 371 g/mol. The molecule has 0 spiro atoms. The first-order valence-electron chi connectivity index (χ1n) is 9.68. The summed E-state index contributed by atoms with van der Waals surface area (Å²) >= 11 is 0. The highest BCUT2D eigenvalue weighted by atomic mass is 15.2. The topological polar surface area (TPSA) is 82.2 Å². The van der Waals surface area contributed by atoms with Gasteiger partial charge in [-0.1, -0.05) is 54.6 Å². The van der Waals surface area contributed by atoms with E-state index < -0.39 is 0 Å². The Morgan fingerprint density at radius 3 is 2.43 bits per heavy atom. The molecule has 0 saturated carbocycles. The number of aromatic nitrogens is 3. The van der Waals surface area contributed by atoms with Crippen LogP contribution in [0.5, 0.6) is 0 Å². The number of nitrogens with zero attached hydrogens (tertiary/aromatic N) is 3. The molecule has 0 amide bonds. The summed E-state index contributed by atoms with van der Waals surface area (Å²) in [5.74, 6) is 0. The number of hydrogen-bond acceptors (Lipinski definition) is 4. The van der Waals surface area contributed by atoms with Crippen LogP contribution in [0, 0.1) is 0 Å². The summed E-state index contributed by atoms with van der Waals surface area (Å²) in [5.41, 5.74) is 18.0. The predicted molar refractivity (Wildman–Crippen MR) is 114 cm³/mol. The van der Waals surface area contributed by atoms with Crippen LogP contribution in [0.3, 0.4) is 0 Å². The lowest BCUT2D eigenvalue weighted by Gasteiger charge is -2.08. The summed E-state index contributed by atoms with van der Waals surface area (Å²) in [6.45, 7) is 0.549. The Kier molecular flexibility index (Phi) is 5.46. The van der Waals surface area contributed by atoms with Crippen molar-refractivity contribution in [3.8, 4) is 22.3 Å². The molecule has 0 aliphatic heterocycles. The van der Waals surface area contributed by atoms with Gasteiger partial charge in [-0.2, -0.15) is 5.10 Å². The minimum atomic E-state index is 0.104. The minimum absolute atomic E-state index is 0.104. The molecule has 2 aromatic carbocycles. The average Bonchev–Trinajstić information content (AvgIpc) is 3.18. The Morgan fingerprint density at radius 2 is 1.68 bits per heavy atom. The van der Waals surface area contributed by atoms with Gasteiger partial charge in [0.2, 0.25) is 0 Å². The number of benzene rings is 2. The maximum absolute atomic E-state index is 5.88. The van der Waals surface area contributed by atoms with Crippen LogP contribution in [-0.4, -0.2) is 27.2 Å². The van der Waals surface area contributed by atoms with E-state index >= 15 is 0 Å². The van der Waals surface area contributed by atoms with Gasteiger partial charge in [-0.25, -0.2) is 9.50 Å². The van der Waals surface area contributed by atoms with E-state index in [4.69, 9.17) is 11.5 Å². The second kappa shape index (κ2) is 8.33. The summed E-state index contributed by atoms with van der Waals surface area (Å²) in [7, 11) is 0. The second-order valence-corrected chi connectivity index (χ2v) is 7.12. The van der Waals surface area contributed by atoms with Crippen LogP contribution in [-0.2, 0) is 6.42 Å². The van der Waals surface area contributed by atoms with Crippen molar-refractivity contribution in [2.24, 2.45) is 11.5 Å². The van der Waals surface area contributed by atoms with Crippen molar-refractivity contribution in [3.63, 3.8) is 0 Å². The van der Waals surface area contributed by atoms with E-state index in [9.17, 15) is 0 Å². The Hall–Kier alpha value is -3.02. The fraction of sp³-hybridized carbons (Fsp3) is 0.217. The molecule has 0 radical (unpaired) electrons. The molecule has 2 aromatic heterocycles. The molecule has 4 aromatic rings. The maximum atomic E-state index is 5.88. The molecular formula is C23H25N5. The molecule has 1 atom stereocenters. The highest BCUT2D eigenvalue weighted by molar-refractivity contribution is 5.77. The summed E-state index contributed by atoms with van der Waals surface area (Å²) in [5, 5.41) is 4.50. The molecular weight excluding hydrogens is 346 g/mol. The van der Waals surface area contributed by atoms with Gasteiger partial charge in [0.15, 0.2) is 5.65 Å². The Balaban J connectivity index is 1.51. The van der Waals surface area contributed by atoms with Crippen LogP contribution in [0.1, 0.15) is 18.4 Å². The van der Waals surface area contributed by atoms with E-state index in [0.717, 1.165) is 47.2 Å². The highest BCUT2D eigenvalue weighted by Gasteiger charge is 2.09. The van der Waals surface area contributed by atoms with Gasteiger partial charge in [-0.3, -0.25) is 0 Å².